The zero-order valence-electron chi connectivity index (χ0n) is 12.2. The third kappa shape index (κ3) is 2.83. The molecule has 0 amide bonds. The fourth-order valence-electron chi connectivity index (χ4n) is 3.36. The van der Waals surface area contributed by atoms with Crippen LogP contribution in [0.1, 0.15) is 58.8 Å². The molecule has 1 heterocycles. The first-order valence-electron chi connectivity index (χ1n) is 7.66. The van der Waals surface area contributed by atoms with E-state index in [1.54, 1.807) is 0 Å². The van der Waals surface area contributed by atoms with Crippen molar-refractivity contribution < 1.29 is 13.2 Å². The Bertz CT molecular complexity index is 383. The molecule has 19 heavy (non-hydrogen) atoms. The van der Waals surface area contributed by atoms with Gasteiger partial charge in [-0.15, -0.1) is 0 Å². The number of sulfonamides is 1. The lowest BCUT2D eigenvalue weighted by molar-refractivity contribution is -0.0654. The maximum atomic E-state index is 12.9. The molecule has 5 heteroatoms. The Morgan fingerprint density at radius 2 is 1.84 bits per heavy atom. The van der Waals surface area contributed by atoms with E-state index in [-0.39, 0.29) is 10.8 Å². The average Bonchev–Trinajstić information content (AvgIpc) is 2.36. The van der Waals surface area contributed by atoms with Crippen LogP contribution >= 0.6 is 0 Å². The van der Waals surface area contributed by atoms with Gasteiger partial charge < -0.3 is 4.74 Å². The number of hydrogen-bond donors (Lipinski definition) is 0. The summed E-state index contributed by atoms with van der Waals surface area (Å²) in [5.74, 6) is 0. The molecule has 0 aromatic heterocycles. The molecular formula is C14H27NO3S. The molecule has 0 radical (unpaired) electrons. The van der Waals surface area contributed by atoms with Crippen molar-refractivity contribution in [3.05, 3.63) is 0 Å². The van der Waals surface area contributed by atoms with Crippen LogP contribution in [0.15, 0.2) is 0 Å². The molecule has 2 rings (SSSR count). The highest BCUT2D eigenvalue weighted by molar-refractivity contribution is 7.89. The maximum Gasteiger partial charge on any atom is 0.217 e. The van der Waals surface area contributed by atoms with Crippen LogP contribution in [0.5, 0.6) is 0 Å². The summed E-state index contributed by atoms with van der Waals surface area (Å²) in [6.45, 7) is 5.82. The molecule has 1 aliphatic heterocycles. The highest BCUT2D eigenvalue weighted by Crippen LogP contribution is 2.42. The summed E-state index contributed by atoms with van der Waals surface area (Å²) in [6, 6.07) is 0. The smallest absolute Gasteiger partial charge is 0.217 e. The molecule has 2 aliphatic rings. The summed E-state index contributed by atoms with van der Waals surface area (Å²) >= 11 is 0. The zero-order chi connectivity index (χ0) is 13.9. The van der Waals surface area contributed by atoms with Crippen molar-refractivity contribution in [1.82, 2.24) is 4.31 Å². The highest BCUT2D eigenvalue weighted by atomic mass is 32.2. The van der Waals surface area contributed by atoms with Crippen molar-refractivity contribution in [2.45, 2.75) is 69.6 Å². The van der Waals surface area contributed by atoms with Crippen LogP contribution in [0.3, 0.4) is 0 Å². The number of rotatable bonds is 6. The summed E-state index contributed by atoms with van der Waals surface area (Å²) in [4.78, 5) is 0. The molecule has 0 atom stereocenters. The van der Waals surface area contributed by atoms with Gasteiger partial charge in [-0.25, -0.2) is 8.42 Å². The van der Waals surface area contributed by atoms with Crippen LogP contribution in [0.4, 0.5) is 0 Å². The van der Waals surface area contributed by atoms with Crippen molar-refractivity contribution in [3.8, 4) is 0 Å². The van der Waals surface area contributed by atoms with E-state index in [1.165, 1.54) is 0 Å². The molecule has 1 saturated heterocycles. The fraction of sp³-hybridized carbons (Fsp3) is 1.00. The molecule has 0 aromatic rings. The van der Waals surface area contributed by atoms with Crippen molar-refractivity contribution in [3.63, 3.8) is 0 Å². The van der Waals surface area contributed by atoms with Gasteiger partial charge >= 0.3 is 0 Å². The molecule has 112 valence electrons. The SMILES string of the molecule is CCCC(CCC)S(=O)(=O)N1CCOCC12CCC2. The van der Waals surface area contributed by atoms with E-state index in [9.17, 15) is 8.42 Å². The van der Waals surface area contributed by atoms with Crippen LogP contribution in [-0.2, 0) is 14.8 Å². The summed E-state index contributed by atoms with van der Waals surface area (Å²) in [5, 5.41) is -0.196. The Hall–Kier alpha value is -0.130. The lowest BCUT2D eigenvalue weighted by Crippen LogP contribution is -2.64. The topological polar surface area (TPSA) is 46.6 Å². The monoisotopic (exact) mass is 289 g/mol. The van der Waals surface area contributed by atoms with Gasteiger partial charge in [0.05, 0.1) is 24.0 Å². The first-order chi connectivity index (χ1) is 9.07. The van der Waals surface area contributed by atoms with Crippen LogP contribution in [0.25, 0.3) is 0 Å². The van der Waals surface area contributed by atoms with Crippen LogP contribution < -0.4 is 0 Å². The molecular weight excluding hydrogens is 262 g/mol. The molecule has 1 aliphatic carbocycles. The van der Waals surface area contributed by atoms with Crippen molar-refractivity contribution in [2.75, 3.05) is 19.8 Å². The second-order valence-electron chi connectivity index (χ2n) is 5.95. The third-order valence-electron chi connectivity index (χ3n) is 4.57. The minimum absolute atomic E-state index is 0.196. The van der Waals surface area contributed by atoms with Gasteiger partial charge in [-0.05, 0) is 32.1 Å². The van der Waals surface area contributed by atoms with Gasteiger partial charge in [0.25, 0.3) is 0 Å². The fourth-order valence-corrected chi connectivity index (χ4v) is 5.89. The Kier molecular flexibility index (Phi) is 4.90. The van der Waals surface area contributed by atoms with Gasteiger partial charge in [0.1, 0.15) is 0 Å². The van der Waals surface area contributed by atoms with Gasteiger partial charge in [-0.3, -0.25) is 0 Å². The van der Waals surface area contributed by atoms with Crippen molar-refractivity contribution in [1.29, 1.82) is 0 Å². The van der Waals surface area contributed by atoms with Gasteiger partial charge in [-0.2, -0.15) is 4.31 Å². The second kappa shape index (κ2) is 6.10. The van der Waals surface area contributed by atoms with Crippen LogP contribution in [-0.4, -0.2) is 43.3 Å². The highest BCUT2D eigenvalue weighted by Gasteiger charge is 2.51. The van der Waals surface area contributed by atoms with E-state index in [1.807, 2.05) is 4.31 Å². The first kappa shape index (κ1) is 15.3. The lowest BCUT2D eigenvalue weighted by atomic mass is 9.77. The number of nitrogens with zero attached hydrogens (tertiary/aromatic N) is 1. The number of ether oxygens (including phenoxy) is 1. The largest absolute Gasteiger partial charge is 0.378 e. The summed E-state index contributed by atoms with van der Waals surface area (Å²) in [6.07, 6.45) is 6.49. The predicted octanol–water partition coefficient (Wildman–Crippen LogP) is 2.54. The van der Waals surface area contributed by atoms with Crippen LogP contribution in [0.2, 0.25) is 0 Å². The van der Waals surface area contributed by atoms with E-state index in [4.69, 9.17) is 4.74 Å². The van der Waals surface area contributed by atoms with E-state index in [2.05, 4.69) is 13.8 Å². The molecule has 4 nitrogen and oxygen atoms in total. The zero-order valence-corrected chi connectivity index (χ0v) is 13.0. The van der Waals surface area contributed by atoms with E-state index >= 15 is 0 Å². The minimum Gasteiger partial charge on any atom is -0.378 e. The van der Waals surface area contributed by atoms with Crippen molar-refractivity contribution >= 4 is 10.0 Å². The lowest BCUT2D eigenvalue weighted by Gasteiger charge is -2.52. The molecule has 0 aromatic carbocycles. The molecule has 0 N–H and O–H groups in total. The normalized spacial score (nSPS) is 23.7. The van der Waals surface area contributed by atoms with E-state index in [0.717, 1.165) is 44.9 Å². The molecule has 0 bridgehead atoms. The second-order valence-corrected chi connectivity index (χ2v) is 8.08. The Labute approximate surface area is 117 Å². The van der Waals surface area contributed by atoms with Crippen LogP contribution in [0, 0.1) is 0 Å². The van der Waals surface area contributed by atoms with Crippen molar-refractivity contribution in [2.24, 2.45) is 0 Å². The first-order valence-corrected chi connectivity index (χ1v) is 9.16. The molecule has 1 spiro atoms. The van der Waals surface area contributed by atoms with Gasteiger partial charge in [0, 0.05) is 6.54 Å². The molecule has 2 fully saturated rings. The Balaban J connectivity index is 2.20. The van der Waals surface area contributed by atoms with Gasteiger partial charge in [0.2, 0.25) is 10.0 Å². The Morgan fingerprint density at radius 3 is 2.32 bits per heavy atom. The Morgan fingerprint density at radius 1 is 1.21 bits per heavy atom. The summed E-state index contributed by atoms with van der Waals surface area (Å²) in [5.41, 5.74) is -0.198. The summed E-state index contributed by atoms with van der Waals surface area (Å²) < 4.78 is 33.2. The van der Waals surface area contributed by atoms with E-state index in [0.29, 0.717) is 19.8 Å². The minimum atomic E-state index is -3.16. The van der Waals surface area contributed by atoms with Gasteiger partial charge in [0.15, 0.2) is 0 Å². The predicted molar refractivity (Wildman–Crippen MR) is 76.6 cm³/mol. The number of morpholine rings is 1. The number of hydrogen-bond acceptors (Lipinski definition) is 3. The van der Waals surface area contributed by atoms with Gasteiger partial charge in [-0.1, -0.05) is 26.7 Å². The third-order valence-corrected chi connectivity index (χ3v) is 7.07. The van der Waals surface area contributed by atoms with E-state index < -0.39 is 10.0 Å². The average molecular weight is 289 g/mol. The standard InChI is InChI=1S/C14H27NO3S/c1-3-6-13(7-4-2)19(16,17)15-10-11-18-12-14(15)8-5-9-14/h13H,3-12H2,1-2H3. The molecule has 0 unspecified atom stereocenters. The summed E-state index contributed by atoms with van der Waals surface area (Å²) in [7, 11) is -3.16. The maximum absolute atomic E-state index is 12.9. The quantitative estimate of drug-likeness (QED) is 0.755. The molecule has 1 saturated carbocycles.